The van der Waals surface area contributed by atoms with Crippen LogP contribution in [0.1, 0.15) is 38.8 Å². The molecule has 1 unspecified atom stereocenters. The van der Waals surface area contributed by atoms with Crippen molar-refractivity contribution in [2.45, 2.75) is 47.1 Å². The molecule has 0 aliphatic rings. The number of hydrogen-bond acceptors (Lipinski definition) is 3. The van der Waals surface area contributed by atoms with Gasteiger partial charge in [0.2, 0.25) is 0 Å². The van der Waals surface area contributed by atoms with Crippen molar-refractivity contribution in [2.75, 3.05) is 18.0 Å². The van der Waals surface area contributed by atoms with Crippen LogP contribution < -0.4 is 10.6 Å². The summed E-state index contributed by atoms with van der Waals surface area (Å²) in [4.78, 5) is 6.97. The lowest BCUT2D eigenvalue weighted by Gasteiger charge is -2.25. The van der Waals surface area contributed by atoms with Gasteiger partial charge in [0.1, 0.15) is 5.82 Å². The van der Waals surface area contributed by atoms with Crippen molar-refractivity contribution < 1.29 is 0 Å². The number of nitrogens with two attached hydrogens (primary N) is 1. The molecule has 18 heavy (non-hydrogen) atoms. The van der Waals surface area contributed by atoms with Crippen LogP contribution in [0.5, 0.6) is 0 Å². The molecule has 0 amide bonds. The predicted molar refractivity (Wildman–Crippen MR) is 79.1 cm³/mol. The zero-order valence-corrected chi connectivity index (χ0v) is 12.4. The maximum Gasteiger partial charge on any atom is 0.131 e. The molecule has 1 aromatic heterocycles. The third-order valence-corrected chi connectivity index (χ3v) is 2.93. The van der Waals surface area contributed by atoms with Gasteiger partial charge in [0, 0.05) is 25.3 Å². The highest BCUT2D eigenvalue weighted by Crippen LogP contribution is 2.19. The van der Waals surface area contributed by atoms with Crippen LogP contribution in [-0.4, -0.2) is 24.1 Å². The van der Waals surface area contributed by atoms with E-state index in [0.29, 0.717) is 5.92 Å². The lowest BCUT2D eigenvalue weighted by molar-refractivity contribution is 0.613. The first kappa shape index (κ1) is 15.0. The maximum atomic E-state index is 5.83. The first-order valence-corrected chi connectivity index (χ1v) is 6.90. The van der Waals surface area contributed by atoms with Gasteiger partial charge in [0.15, 0.2) is 0 Å². The van der Waals surface area contributed by atoms with E-state index >= 15 is 0 Å². The van der Waals surface area contributed by atoms with E-state index in [9.17, 15) is 0 Å². The third-order valence-electron chi connectivity index (χ3n) is 2.93. The molecule has 1 heterocycles. The monoisotopic (exact) mass is 249 g/mol. The molecule has 0 aliphatic heterocycles. The number of anilines is 1. The van der Waals surface area contributed by atoms with Crippen molar-refractivity contribution in [3.63, 3.8) is 0 Å². The molecule has 102 valence electrons. The fourth-order valence-corrected chi connectivity index (χ4v) is 2.25. The predicted octanol–water partition coefficient (Wildman–Crippen LogP) is 2.76. The molecule has 0 saturated carbocycles. The topological polar surface area (TPSA) is 42.2 Å². The van der Waals surface area contributed by atoms with Gasteiger partial charge in [0.25, 0.3) is 0 Å². The summed E-state index contributed by atoms with van der Waals surface area (Å²) in [6, 6.07) is 2.41. The SMILES string of the molecule is CCN(CC(C)C)c1ncc(CC(C)N)cc1C. The Balaban J connectivity index is 2.89. The Hall–Kier alpha value is -1.09. The van der Waals surface area contributed by atoms with Gasteiger partial charge in [-0.3, -0.25) is 0 Å². The van der Waals surface area contributed by atoms with Gasteiger partial charge in [-0.2, -0.15) is 0 Å². The quantitative estimate of drug-likeness (QED) is 0.843. The molecule has 0 radical (unpaired) electrons. The lowest BCUT2D eigenvalue weighted by Crippen LogP contribution is -2.29. The zero-order chi connectivity index (χ0) is 13.7. The normalized spacial score (nSPS) is 12.8. The van der Waals surface area contributed by atoms with Gasteiger partial charge in [-0.15, -0.1) is 0 Å². The van der Waals surface area contributed by atoms with E-state index in [0.717, 1.165) is 25.3 Å². The zero-order valence-electron chi connectivity index (χ0n) is 12.4. The number of hydrogen-bond donors (Lipinski definition) is 1. The largest absolute Gasteiger partial charge is 0.356 e. The van der Waals surface area contributed by atoms with Crippen molar-refractivity contribution in [3.05, 3.63) is 23.4 Å². The summed E-state index contributed by atoms with van der Waals surface area (Å²) in [5.41, 5.74) is 8.30. The Morgan fingerprint density at radius 2 is 2.00 bits per heavy atom. The first-order chi connectivity index (χ1) is 8.43. The van der Waals surface area contributed by atoms with Gasteiger partial charge in [-0.05, 0) is 44.2 Å². The molecular formula is C15H27N3. The van der Waals surface area contributed by atoms with Crippen molar-refractivity contribution in [1.82, 2.24) is 4.98 Å². The fraction of sp³-hybridized carbons (Fsp3) is 0.667. The summed E-state index contributed by atoms with van der Waals surface area (Å²) in [5, 5.41) is 0. The number of aromatic nitrogens is 1. The van der Waals surface area contributed by atoms with Crippen LogP contribution in [-0.2, 0) is 6.42 Å². The van der Waals surface area contributed by atoms with Gasteiger partial charge >= 0.3 is 0 Å². The Bertz CT molecular complexity index is 372. The van der Waals surface area contributed by atoms with Crippen molar-refractivity contribution in [2.24, 2.45) is 11.7 Å². The van der Waals surface area contributed by atoms with Crippen molar-refractivity contribution in [3.8, 4) is 0 Å². The molecule has 1 atom stereocenters. The second-order valence-electron chi connectivity index (χ2n) is 5.60. The molecule has 1 rings (SSSR count). The van der Waals surface area contributed by atoms with Crippen molar-refractivity contribution >= 4 is 5.82 Å². The fourth-order valence-electron chi connectivity index (χ4n) is 2.25. The van der Waals surface area contributed by atoms with Crippen LogP contribution in [0.25, 0.3) is 0 Å². The smallest absolute Gasteiger partial charge is 0.131 e. The highest BCUT2D eigenvalue weighted by molar-refractivity contribution is 5.47. The average Bonchev–Trinajstić information content (AvgIpc) is 2.25. The van der Waals surface area contributed by atoms with Crippen LogP contribution in [0.2, 0.25) is 0 Å². The van der Waals surface area contributed by atoms with Crippen LogP contribution in [0.3, 0.4) is 0 Å². The first-order valence-electron chi connectivity index (χ1n) is 6.90. The van der Waals surface area contributed by atoms with E-state index in [1.807, 2.05) is 13.1 Å². The van der Waals surface area contributed by atoms with E-state index in [1.165, 1.54) is 11.1 Å². The standard InChI is InChI=1S/C15H27N3/c1-6-18(10-11(2)3)15-12(4)7-14(9-17-15)8-13(5)16/h7,9,11,13H,6,8,10,16H2,1-5H3. The Morgan fingerprint density at radius 1 is 1.33 bits per heavy atom. The minimum absolute atomic E-state index is 0.190. The minimum Gasteiger partial charge on any atom is -0.356 e. The molecule has 0 bridgehead atoms. The summed E-state index contributed by atoms with van der Waals surface area (Å²) in [7, 11) is 0. The van der Waals surface area contributed by atoms with Gasteiger partial charge in [-0.1, -0.05) is 19.9 Å². The summed E-state index contributed by atoms with van der Waals surface area (Å²) < 4.78 is 0. The van der Waals surface area contributed by atoms with Crippen LogP contribution in [0, 0.1) is 12.8 Å². The second kappa shape index (κ2) is 6.74. The summed E-state index contributed by atoms with van der Waals surface area (Å²) in [5.74, 6) is 1.76. The molecule has 3 heteroatoms. The molecule has 0 saturated heterocycles. The third kappa shape index (κ3) is 4.30. The summed E-state index contributed by atoms with van der Waals surface area (Å²) >= 11 is 0. The highest BCUT2D eigenvalue weighted by atomic mass is 15.2. The Labute approximate surface area is 111 Å². The molecule has 0 fully saturated rings. The average molecular weight is 249 g/mol. The van der Waals surface area contributed by atoms with Crippen molar-refractivity contribution in [1.29, 1.82) is 0 Å². The molecule has 3 nitrogen and oxygen atoms in total. The Morgan fingerprint density at radius 3 is 2.44 bits per heavy atom. The van der Waals surface area contributed by atoms with Crippen LogP contribution >= 0.6 is 0 Å². The van der Waals surface area contributed by atoms with E-state index in [-0.39, 0.29) is 6.04 Å². The van der Waals surface area contributed by atoms with Gasteiger partial charge in [0.05, 0.1) is 0 Å². The molecule has 0 spiro atoms. The number of aryl methyl sites for hydroxylation is 1. The van der Waals surface area contributed by atoms with E-state index < -0.39 is 0 Å². The van der Waals surface area contributed by atoms with Crippen LogP contribution in [0.15, 0.2) is 12.3 Å². The van der Waals surface area contributed by atoms with E-state index in [1.54, 1.807) is 0 Å². The number of rotatable bonds is 6. The number of pyridine rings is 1. The molecular weight excluding hydrogens is 222 g/mol. The second-order valence-corrected chi connectivity index (χ2v) is 5.60. The minimum atomic E-state index is 0.190. The van der Waals surface area contributed by atoms with E-state index in [4.69, 9.17) is 5.73 Å². The number of nitrogens with zero attached hydrogens (tertiary/aromatic N) is 2. The summed E-state index contributed by atoms with van der Waals surface area (Å²) in [6.45, 7) is 12.9. The highest BCUT2D eigenvalue weighted by Gasteiger charge is 2.11. The van der Waals surface area contributed by atoms with Gasteiger partial charge in [-0.25, -0.2) is 4.98 Å². The maximum absolute atomic E-state index is 5.83. The van der Waals surface area contributed by atoms with Crippen LogP contribution in [0.4, 0.5) is 5.82 Å². The Kier molecular flexibility index (Phi) is 5.60. The molecule has 1 aromatic rings. The lowest BCUT2D eigenvalue weighted by atomic mass is 10.1. The summed E-state index contributed by atoms with van der Waals surface area (Å²) in [6.07, 6.45) is 2.86. The molecule has 0 aliphatic carbocycles. The molecule has 2 N–H and O–H groups in total. The van der Waals surface area contributed by atoms with E-state index in [2.05, 4.69) is 43.6 Å². The molecule has 0 aromatic carbocycles. The van der Waals surface area contributed by atoms with Gasteiger partial charge < -0.3 is 10.6 Å².